The van der Waals surface area contributed by atoms with Gasteiger partial charge in [0.05, 0.1) is 13.2 Å². The molecule has 0 atom stereocenters. The molecular formula is C17H23N3O3. The second-order valence-electron chi connectivity index (χ2n) is 5.86. The second kappa shape index (κ2) is 7.46. The summed E-state index contributed by atoms with van der Waals surface area (Å²) in [5.41, 5.74) is 2.84. The zero-order valence-electron chi connectivity index (χ0n) is 13.3. The van der Waals surface area contributed by atoms with Crippen LogP contribution in [-0.4, -0.2) is 56.1 Å². The molecule has 6 nitrogen and oxygen atoms in total. The Morgan fingerprint density at radius 2 is 2.09 bits per heavy atom. The average molecular weight is 317 g/mol. The summed E-state index contributed by atoms with van der Waals surface area (Å²) in [6, 6.07) is 5.75. The topological polar surface area (TPSA) is 70.7 Å². The standard InChI is InChI=1S/C17H23N3O3/c21-16(20-9-11-23-12-10-20)6-8-19-17(22)14-3-1-5-15-13(14)4-2-7-18-15/h1,3,5,18H,2,4,6-12H2,(H,19,22). The molecule has 0 unspecified atom stereocenters. The molecule has 1 aromatic rings. The third-order valence-corrected chi connectivity index (χ3v) is 4.33. The molecule has 0 radical (unpaired) electrons. The largest absolute Gasteiger partial charge is 0.385 e. The van der Waals surface area contributed by atoms with Crippen molar-refractivity contribution >= 4 is 17.5 Å². The van der Waals surface area contributed by atoms with E-state index in [2.05, 4.69) is 10.6 Å². The van der Waals surface area contributed by atoms with Crippen molar-refractivity contribution in [2.75, 3.05) is 44.7 Å². The van der Waals surface area contributed by atoms with Gasteiger partial charge in [0.15, 0.2) is 0 Å². The molecule has 124 valence electrons. The van der Waals surface area contributed by atoms with Crippen molar-refractivity contribution in [3.63, 3.8) is 0 Å². The normalized spacial score (nSPS) is 17.1. The first-order valence-corrected chi connectivity index (χ1v) is 8.25. The smallest absolute Gasteiger partial charge is 0.251 e. The number of nitrogens with zero attached hydrogens (tertiary/aromatic N) is 1. The Morgan fingerprint density at radius 1 is 1.26 bits per heavy atom. The molecular weight excluding hydrogens is 294 g/mol. The fourth-order valence-electron chi connectivity index (χ4n) is 3.07. The summed E-state index contributed by atoms with van der Waals surface area (Å²) in [7, 11) is 0. The zero-order chi connectivity index (χ0) is 16.1. The highest BCUT2D eigenvalue weighted by Gasteiger charge is 2.19. The average Bonchev–Trinajstić information content (AvgIpc) is 2.61. The molecule has 1 fully saturated rings. The van der Waals surface area contributed by atoms with E-state index in [4.69, 9.17) is 4.74 Å². The molecule has 0 bridgehead atoms. The maximum atomic E-state index is 12.4. The highest BCUT2D eigenvalue weighted by molar-refractivity contribution is 5.97. The van der Waals surface area contributed by atoms with Crippen LogP contribution in [0.5, 0.6) is 0 Å². The summed E-state index contributed by atoms with van der Waals surface area (Å²) in [6.45, 7) is 3.80. The first-order valence-electron chi connectivity index (χ1n) is 8.25. The van der Waals surface area contributed by atoms with Crippen molar-refractivity contribution in [1.29, 1.82) is 0 Å². The van der Waals surface area contributed by atoms with Gasteiger partial charge in [0.1, 0.15) is 0 Å². The number of morpholine rings is 1. The predicted molar refractivity (Wildman–Crippen MR) is 87.6 cm³/mol. The molecule has 0 aromatic heterocycles. The first kappa shape index (κ1) is 15.8. The van der Waals surface area contributed by atoms with Gasteiger partial charge in [-0.1, -0.05) is 6.07 Å². The molecule has 0 saturated carbocycles. The number of hydrogen-bond donors (Lipinski definition) is 2. The van der Waals surface area contributed by atoms with Gasteiger partial charge in [-0.3, -0.25) is 9.59 Å². The second-order valence-corrected chi connectivity index (χ2v) is 5.86. The SMILES string of the molecule is O=C(NCCC(=O)N1CCOCC1)c1cccc2c1CCCN2. The summed E-state index contributed by atoms with van der Waals surface area (Å²) in [6.07, 6.45) is 2.28. The maximum absolute atomic E-state index is 12.4. The zero-order valence-corrected chi connectivity index (χ0v) is 13.3. The lowest BCUT2D eigenvalue weighted by molar-refractivity contribution is -0.135. The fourth-order valence-corrected chi connectivity index (χ4v) is 3.07. The maximum Gasteiger partial charge on any atom is 0.251 e. The molecule has 0 aliphatic carbocycles. The molecule has 2 amide bonds. The molecule has 1 aromatic carbocycles. The number of ether oxygens (including phenoxy) is 1. The number of carbonyl (C=O) groups is 2. The van der Waals surface area contributed by atoms with Crippen LogP contribution >= 0.6 is 0 Å². The number of anilines is 1. The number of benzene rings is 1. The number of amides is 2. The number of rotatable bonds is 4. The van der Waals surface area contributed by atoms with Crippen LogP contribution in [0, 0.1) is 0 Å². The minimum atomic E-state index is -0.0969. The molecule has 2 aliphatic rings. The summed E-state index contributed by atoms with van der Waals surface area (Å²) < 4.78 is 5.23. The molecule has 6 heteroatoms. The van der Waals surface area contributed by atoms with Crippen LogP contribution in [0.15, 0.2) is 18.2 Å². The Morgan fingerprint density at radius 3 is 2.91 bits per heavy atom. The van der Waals surface area contributed by atoms with E-state index in [-0.39, 0.29) is 11.8 Å². The molecule has 0 spiro atoms. The Balaban J connectivity index is 1.52. The van der Waals surface area contributed by atoms with Gasteiger partial charge in [-0.15, -0.1) is 0 Å². The van der Waals surface area contributed by atoms with Crippen LogP contribution in [0.3, 0.4) is 0 Å². The van der Waals surface area contributed by atoms with E-state index in [0.29, 0.717) is 44.8 Å². The van der Waals surface area contributed by atoms with Crippen molar-refractivity contribution in [3.8, 4) is 0 Å². The van der Waals surface area contributed by atoms with E-state index in [1.54, 1.807) is 4.90 Å². The minimum Gasteiger partial charge on any atom is -0.385 e. The number of carbonyl (C=O) groups excluding carboxylic acids is 2. The number of fused-ring (bicyclic) bond motifs is 1. The van der Waals surface area contributed by atoms with Gasteiger partial charge in [0.25, 0.3) is 5.91 Å². The van der Waals surface area contributed by atoms with Crippen molar-refractivity contribution in [2.45, 2.75) is 19.3 Å². The molecule has 2 heterocycles. The van der Waals surface area contributed by atoms with Crippen LogP contribution in [0.1, 0.15) is 28.8 Å². The molecule has 1 saturated heterocycles. The lowest BCUT2D eigenvalue weighted by Gasteiger charge is -2.27. The van der Waals surface area contributed by atoms with Crippen molar-refractivity contribution in [2.24, 2.45) is 0 Å². The Hall–Kier alpha value is -2.08. The van der Waals surface area contributed by atoms with Crippen LogP contribution in [0.25, 0.3) is 0 Å². The molecule has 3 rings (SSSR count). The summed E-state index contributed by atoms with van der Waals surface area (Å²) >= 11 is 0. The van der Waals surface area contributed by atoms with Gasteiger partial charge in [-0.2, -0.15) is 0 Å². The van der Waals surface area contributed by atoms with E-state index in [9.17, 15) is 9.59 Å². The number of hydrogen-bond acceptors (Lipinski definition) is 4. The summed E-state index contributed by atoms with van der Waals surface area (Å²) in [5, 5.41) is 6.20. The van der Waals surface area contributed by atoms with Crippen molar-refractivity contribution < 1.29 is 14.3 Å². The highest BCUT2D eigenvalue weighted by atomic mass is 16.5. The van der Waals surface area contributed by atoms with Gasteiger partial charge in [0.2, 0.25) is 5.91 Å². The Kier molecular flexibility index (Phi) is 5.12. The number of nitrogens with one attached hydrogen (secondary N) is 2. The van der Waals surface area contributed by atoms with E-state index < -0.39 is 0 Å². The lowest BCUT2D eigenvalue weighted by atomic mass is 9.97. The third-order valence-electron chi connectivity index (χ3n) is 4.33. The fraction of sp³-hybridized carbons (Fsp3) is 0.529. The van der Waals surface area contributed by atoms with E-state index in [0.717, 1.165) is 30.6 Å². The lowest BCUT2D eigenvalue weighted by Crippen LogP contribution is -2.42. The van der Waals surface area contributed by atoms with Gasteiger partial charge in [-0.25, -0.2) is 0 Å². The van der Waals surface area contributed by atoms with Crippen LogP contribution in [0.4, 0.5) is 5.69 Å². The van der Waals surface area contributed by atoms with E-state index in [1.165, 1.54) is 0 Å². The van der Waals surface area contributed by atoms with Gasteiger partial charge < -0.3 is 20.3 Å². The third kappa shape index (κ3) is 3.82. The van der Waals surface area contributed by atoms with E-state index >= 15 is 0 Å². The van der Waals surface area contributed by atoms with Crippen LogP contribution in [-0.2, 0) is 16.0 Å². The Bertz CT molecular complexity index is 582. The van der Waals surface area contributed by atoms with Gasteiger partial charge in [-0.05, 0) is 30.5 Å². The monoisotopic (exact) mass is 317 g/mol. The summed E-state index contributed by atoms with van der Waals surface area (Å²) in [5.74, 6) is -0.0225. The van der Waals surface area contributed by atoms with Crippen molar-refractivity contribution in [1.82, 2.24) is 10.2 Å². The molecule has 2 N–H and O–H groups in total. The summed E-state index contributed by atoms with van der Waals surface area (Å²) in [4.78, 5) is 26.2. The minimum absolute atomic E-state index is 0.0744. The first-order chi connectivity index (χ1) is 11.3. The van der Waals surface area contributed by atoms with Crippen LogP contribution in [0.2, 0.25) is 0 Å². The predicted octanol–water partition coefficient (Wildman–Crippen LogP) is 1.02. The molecule has 2 aliphatic heterocycles. The van der Waals surface area contributed by atoms with E-state index in [1.807, 2.05) is 18.2 Å². The quantitative estimate of drug-likeness (QED) is 0.870. The van der Waals surface area contributed by atoms with Crippen LogP contribution < -0.4 is 10.6 Å². The molecule has 23 heavy (non-hydrogen) atoms. The Labute approximate surface area is 136 Å². The van der Waals surface area contributed by atoms with Gasteiger partial charge in [0, 0.05) is 43.9 Å². The van der Waals surface area contributed by atoms with Gasteiger partial charge >= 0.3 is 0 Å². The highest BCUT2D eigenvalue weighted by Crippen LogP contribution is 2.25. The van der Waals surface area contributed by atoms with Crippen molar-refractivity contribution in [3.05, 3.63) is 29.3 Å².